The van der Waals surface area contributed by atoms with E-state index in [1.54, 1.807) is 26.0 Å². The number of fused-ring (bicyclic) bond motifs is 1. The van der Waals surface area contributed by atoms with Gasteiger partial charge in [-0.3, -0.25) is 4.79 Å². The number of methoxy groups -OCH3 is 2. The van der Waals surface area contributed by atoms with Gasteiger partial charge in [0.25, 0.3) is 0 Å². The highest BCUT2D eigenvalue weighted by atomic mass is 32.2. The quantitative estimate of drug-likeness (QED) is 0.785. The lowest BCUT2D eigenvalue weighted by Gasteiger charge is -2.26. The molecule has 0 bridgehead atoms. The number of hydrogen-bond donors (Lipinski definition) is 0. The van der Waals surface area contributed by atoms with Crippen molar-refractivity contribution in [2.45, 2.75) is 11.9 Å². The Hall–Kier alpha value is -2.54. The number of carbonyl (C=O) groups excluding carboxylic acids is 1. The Morgan fingerprint density at radius 2 is 1.89 bits per heavy atom. The van der Waals surface area contributed by atoms with Crippen molar-refractivity contribution >= 4 is 17.7 Å². The Labute approximate surface area is 162 Å². The molecule has 7 heteroatoms. The Bertz CT molecular complexity index is 856. The van der Waals surface area contributed by atoms with Crippen molar-refractivity contribution in [2.24, 2.45) is 0 Å². The molecule has 2 heterocycles. The molecule has 1 atom stereocenters. The lowest BCUT2D eigenvalue weighted by Crippen LogP contribution is -2.28. The molecule has 142 valence electrons. The molecule has 2 aliphatic rings. The van der Waals surface area contributed by atoms with E-state index < -0.39 is 0 Å². The number of carbonyl (C=O) groups is 1. The van der Waals surface area contributed by atoms with Gasteiger partial charge in [0.05, 0.1) is 26.5 Å². The summed E-state index contributed by atoms with van der Waals surface area (Å²) in [6.07, 6.45) is 0. The molecule has 1 fully saturated rings. The zero-order valence-corrected chi connectivity index (χ0v) is 16.1. The van der Waals surface area contributed by atoms with Crippen LogP contribution in [0, 0.1) is 0 Å². The topological polar surface area (TPSA) is 57.2 Å². The van der Waals surface area contributed by atoms with Gasteiger partial charge in [0.15, 0.2) is 11.5 Å². The molecule has 2 aromatic carbocycles. The van der Waals surface area contributed by atoms with Crippen molar-refractivity contribution in [3.05, 3.63) is 47.5 Å². The summed E-state index contributed by atoms with van der Waals surface area (Å²) in [4.78, 5) is 14.4. The van der Waals surface area contributed by atoms with Gasteiger partial charge in [0, 0.05) is 11.6 Å². The van der Waals surface area contributed by atoms with Gasteiger partial charge in [0.2, 0.25) is 5.91 Å². The van der Waals surface area contributed by atoms with Crippen LogP contribution in [0.25, 0.3) is 0 Å². The van der Waals surface area contributed by atoms with Crippen LogP contribution < -0.4 is 18.9 Å². The number of nitrogens with zero attached hydrogens (tertiary/aromatic N) is 1. The van der Waals surface area contributed by atoms with Crippen LogP contribution >= 0.6 is 11.8 Å². The Morgan fingerprint density at radius 1 is 1.07 bits per heavy atom. The number of ether oxygens (including phenoxy) is 4. The van der Waals surface area contributed by atoms with E-state index in [0.717, 1.165) is 28.4 Å². The molecule has 2 aliphatic heterocycles. The van der Waals surface area contributed by atoms with Gasteiger partial charge in [0.1, 0.15) is 30.1 Å². The first-order valence-electron chi connectivity index (χ1n) is 8.71. The maximum absolute atomic E-state index is 12.6. The van der Waals surface area contributed by atoms with Crippen molar-refractivity contribution in [1.82, 2.24) is 4.90 Å². The van der Waals surface area contributed by atoms with E-state index in [2.05, 4.69) is 0 Å². The van der Waals surface area contributed by atoms with Crippen LogP contribution in [0.15, 0.2) is 36.4 Å². The summed E-state index contributed by atoms with van der Waals surface area (Å²) < 4.78 is 22.0. The third-order valence-corrected chi connectivity index (χ3v) is 5.91. The second-order valence-corrected chi connectivity index (χ2v) is 7.33. The zero-order valence-electron chi connectivity index (χ0n) is 15.3. The standard InChI is InChI=1S/C20H21NO5S/c1-23-15-5-3-14(17(10-15)24-2)11-21-19(22)12-27-20(21)13-4-6-16-18(9-13)26-8-7-25-16/h3-6,9-10,20H,7-8,11-12H2,1-2H3. The van der Waals surface area contributed by atoms with Gasteiger partial charge >= 0.3 is 0 Å². The molecule has 27 heavy (non-hydrogen) atoms. The molecule has 0 saturated carbocycles. The summed E-state index contributed by atoms with van der Waals surface area (Å²) in [5, 5.41) is -0.0693. The van der Waals surface area contributed by atoms with Crippen molar-refractivity contribution in [3.8, 4) is 23.0 Å². The van der Waals surface area contributed by atoms with E-state index in [4.69, 9.17) is 18.9 Å². The van der Waals surface area contributed by atoms with Crippen LogP contribution in [0.4, 0.5) is 0 Å². The summed E-state index contributed by atoms with van der Waals surface area (Å²) >= 11 is 1.62. The molecule has 2 aromatic rings. The molecule has 6 nitrogen and oxygen atoms in total. The predicted octanol–water partition coefficient (Wildman–Crippen LogP) is 3.25. The number of rotatable bonds is 5. The van der Waals surface area contributed by atoms with Crippen molar-refractivity contribution in [1.29, 1.82) is 0 Å². The smallest absolute Gasteiger partial charge is 0.234 e. The molecule has 0 aromatic heterocycles. The fraction of sp³-hybridized carbons (Fsp3) is 0.350. The highest BCUT2D eigenvalue weighted by Gasteiger charge is 2.34. The number of benzene rings is 2. The van der Waals surface area contributed by atoms with Gasteiger partial charge in [-0.2, -0.15) is 0 Å². The van der Waals surface area contributed by atoms with Gasteiger partial charge in [-0.25, -0.2) is 0 Å². The van der Waals surface area contributed by atoms with Gasteiger partial charge in [-0.15, -0.1) is 11.8 Å². The summed E-state index contributed by atoms with van der Waals surface area (Å²) in [7, 11) is 3.24. The number of amides is 1. The Morgan fingerprint density at radius 3 is 2.67 bits per heavy atom. The summed E-state index contributed by atoms with van der Waals surface area (Å²) in [5.74, 6) is 3.49. The normalized spacial score (nSPS) is 18.5. The number of thioether (sulfide) groups is 1. The number of hydrogen-bond acceptors (Lipinski definition) is 6. The van der Waals surface area contributed by atoms with Crippen molar-refractivity contribution in [2.75, 3.05) is 33.2 Å². The molecule has 4 rings (SSSR count). The fourth-order valence-electron chi connectivity index (χ4n) is 3.28. The first-order valence-corrected chi connectivity index (χ1v) is 9.76. The van der Waals surface area contributed by atoms with E-state index in [-0.39, 0.29) is 11.3 Å². The Balaban J connectivity index is 1.61. The van der Waals surface area contributed by atoms with Crippen molar-refractivity contribution < 1.29 is 23.7 Å². The molecular weight excluding hydrogens is 366 g/mol. The molecule has 1 saturated heterocycles. The lowest BCUT2D eigenvalue weighted by molar-refractivity contribution is -0.128. The highest BCUT2D eigenvalue weighted by Crippen LogP contribution is 2.43. The molecule has 0 N–H and O–H groups in total. The van der Waals surface area contributed by atoms with Gasteiger partial charge < -0.3 is 23.8 Å². The largest absolute Gasteiger partial charge is 0.497 e. The van der Waals surface area contributed by atoms with Gasteiger partial charge in [-0.1, -0.05) is 6.07 Å². The van der Waals surface area contributed by atoms with Crippen LogP contribution in [-0.4, -0.2) is 44.0 Å². The zero-order chi connectivity index (χ0) is 18.8. The maximum Gasteiger partial charge on any atom is 0.234 e. The second kappa shape index (κ2) is 7.60. The summed E-state index contributed by atoms with van der Waals surface area (Å²) in [6.45, 7) is 1.57. The first kappa shape index (κ1) is 17.9. The summed E-state index contributed by atoms with van der Waals surface area (Å²) in [6, 6.07) is 11.5. The van der Waals surface area contributed by atoms with E-state index in [0.29, 0.717) is 31.3 Å². The van der Waals surface area contributed by atoms with E-state index in [1.165, 1.54) is 0 Å². The van der Waals surface area contributed by atoms with Crippen LogP contribution in [0.2, 0.25) is 0 Å². The lowest BCUT2D eigenvalue weighted by atomic mass is 10.1. The van der Waals surface area contributed by atoms with Gasteiger partial charge in [-0.05, 0) is 29.8 Å². The van der Waals surface area contributed by atoms with Crippen LogP contribution in [0.1, 0.15) is 16.5 Å². The SMILES string of the molecule is COc1ccc(CN2C(=O)CSC2c2ccc3c(c2)OCCO3)c(OC)c1. The average Bonchev–Trinajstić information content (AvgIpc) is 3.08. The molecule has 1 unspecified atom stereocenters. The molecule has 0 spiro atoms. The average molecular weight is 387 g/mol. The highest BCUT2D eigenvalue weighted by molar-refractivity contribution is 8.00. The second-order valence-electron chi connectivity index (χ2n) is 6.27. The monoisotopic (exact) mass is 387 g/mol. The van der Waals surface area contributed by atoms with E-state index in [1.807, 2.05) is 41.3 Å². The molecular formula is C20H21NO5S. The predicted molar refractivity (Wildman–Crippen MR) is 103 cm³/mol. The third-order valence-electron chi connectivity index (χ3n) is 4.65. The first-order chi connectivity index (χ1) is 13.2. The van der Waals surface area contributed by atoms with E-state index in [9.17, 15) is 4.79 Å². The van der Waals surface area contributed by atoms with Crippen LogP contribution in [0.5, 0.6) is 23.0 Å². The molecule has 0 radical (unpaired) electrons. The van der Waals surface area contributed by atoms with E-state index >= 15 is 0 Å². The molecule has 0 aliphatic carbocycles. The summed E-state index contributed by atoms with van der Waals surface area (Å²) in [5.41, 5.74) is 1.97. The minimum absolute atomic E-state index is 0.0693. The minimum Gasteiger partial charge on any atom is -0.497 e. The fourth-order valence-corrected chi connectivity index (χ4v) is 4.46. The van der Waals surface area contributed by atoms with Crippen LogP contribution in [-0.2, 0) is 11.3 Å². The Kier molecular flexibility index (Phi) is 5.03. The minimum atomic E-state index is -0.0693. The maximum atomic E-state index is 12.6. The third kappa shape index (κ3) is 3.51. The van der Waals surface area contributed by atoms with Crippen LogP contribution in [0.3, 0.4) is 0 Å². The van der Waals surface area contributed by atoms with Crippen molar-refractivity contribution in [3.63, 3.8) is 0 Å². The molecule has 1 amide bonds.